The van der Waals surface area contributed by atoms with Gasteiger partial charge in [0.25, 0.3) is 0 Å². The number of piperidine rings is 2. The van der Waals surface area contributed by atoms with Crippen LogP contribution in [0.15, 0.2) is 24.3 Å². The van der Waals surface area contributed by atoms with E-state index in [0.29, 0.717) is 17.7 Å². The molecule has 124 valence electrons. The first kappa shape index (κ1) is 15.2. The molecule has 4 aliphatic heterocycles. The molecule has 0 aliphatic carbocycles. The molecule has 4 nitrogen and oxygen atoms in total. The Kier molecular flexibility index (Phi) is 3.33. The third kappa shape index (κ3) is 2.15. The Morgan fingerprint density at radius 3 is 2.30 bits per heavy atom. The van der Waals surface area contributed by atoms with Crippen molar-refractivity contribution in [2.45, 2.75) is 39.3 Å². The Balaban J connectivity index is 1.68. The maximum atomic E-state index is 13.2. The van der Waals surface area contributed by atoms with Crippen LogP contribution in [0.25, 0.3) is 0 Å². The predicted octanol–water partition coefficient (Wildman–Crippen LogP) is -0.0466. The highest BCUT2D eigenvalue weighted by Crippen LogP contribution is 2.39. The van der Waals surface area contributed by atoms with Gasteiger partial charge in [0, 0.05) is 0 Å². The van der Waals surface area contributed by atoms with Crippen molar-refractivity contribution >= 4 is 5.78 Å². The number of phenols is 1. The molecule has 1 aromatic carbocycles. The van der Waals surface area contributed by atoms with E-state index in [1.165, 1.54) is 5.56 Å². The number of nitrogens with one attached hydrogen (secondary N) is 2. The Morgan fingerprint density at radius 1 is 1.13 bits per heavy atom. The van der Waals surface area contributed by atoms with Crippen molar-refractivity contribution < 1.29 is 19.7 Å². The standard InChI is InChI=1S/C19H26N2O2/c1-3-4-9-19-12-20-10-18(2,17(19)23)11-21(13-19)16(20)14-5-7-15(22)8-6-14/h5-8,16,22H,3-4,9-13H2,1-2H3/p+2. The van der Waals surface area contributed by atoms with Gasteiger partial charge in [-0.05, 0) is 37.6 Å². The molecule has 0 aromatic heterocycles. The molecule has 0 amide bonds. The predicted molar refractivity (Wildman–Crippen MR) is 87.3 cm³/mol. The van der Waals surface area contributed by atoms with Gasteiger partial charge in [0.05, 0.1) is 18.7 Å². The number of rotatable bonds is 4. The molecule has 4 bridgehead atoms. The van der Waals surface area contributed by atoms with E-state index in [1.54, 1.807) is 21.9 Å². The highest BCUT2D eigenvalue weighted by molar-refractivity contribution is 5.91. The summed E-state index contributed by atoms with van der Waals surface area (Å²) < 4.78 is 0. The van der Waals surface area contributed by atoms with Crippen LogP contribution < -0.4 is 9.80 Å². The number of aromatic hydroxyl groups is 1. The highest BCUT2D eigenvalue weighted by atomic mass is 16.3. The summed E-state index contributed by atoms with van der Waals surface area (Å²) in [7, 11) is 0. The van der Waals surface area contributed by atoms with Gasteiger partial charge in [-0.15, -0.1) is 0 Å². The number of hydrogen-bond acceptors (Lipinski definition) is 2. The lowest BCUT2D eigenvalue weighted by Crippen LogP contribution is -3.41. The summed E-state index contributed by atoms with van der Waals surface area (Å²) in [6.07, 6.45) is 3.81. The molecule has 4 heterocycles. The Labute approximate surface area is 138 Å². The number of phenolic OH excluding ortho intramolecular Hbond substituents is 1. The van der Waals surface area contributed by atoms with Gasteiger partial charge in [-0.1, -0.05) is 19.8 Å². The molecular formula is C19H28N2O2+2. The van der Waals surface area contributed by atoms with Gasteiger partial charge in [0.15, 0.2) is 5.78 Å². The number of carbonyl (C=O) groups excluding carboxylic acids is 1. The van der Waals surface area contributed by atoms with Gasteiger partial charge in [-0.2, -0.15) is 0 Å². The minimum absolute atomic E-state index is 0.0840. The molecule has 4 fully saturated rings. The number of unbranched alkanes of at least 4 members (excludes halogenated alkanes) is 1. The summed E-state index contributed by atoms with van der Waals surface area (Å²) >= 11 is 0. The number of ketones is 1. The zero-order valence-corrected chi connectivity index (χ0v) is 14.2. The van der Waals surface area contributed by atoms with Gasteiger partial charge in [-0.3, -0.25) is 14.6 Å². The largest absolute Gasteiger partial charge is 0.508 e. The van der Waals surface area contributed by atoms with Crippen molar-refractivity contribution in [3.63, 3.8) is 0 Å². The van der Waals surface area contributed by atoms with Crippen LogP contribution in [0.1, 0.15) is 44.8 Å². The molecule has 4 saturated heterocycles. The molecule has 3 N–H and O–H groups in total. The molecule has 2 atom stereocenters. The monoisotopic (exact) mass is 316 g/mol. The van der Waals surface area contributed by atoms with Crippen LogP contribution in [0.3, 0.4) is 0 Å². The number of carbonyl (C=O) groups is 1. The molecule has 5 rings (SSSR count). The van der Waals surface area contributed by atoms with E-state index >= 15 is 0 Å². The van der Waals surface area contributed by atoms with Crippen LogP contribution in [-0.4, -0.2) is 37.1 Å². The first-order valence-corrected chi connectivity index (χ1v) is 9.00. The first-order chi connectivity index (χ1) is 11.0. The summed E-state index contributed by atoms with van der Waals surface area (Å²) in [5.74, 6) is 0.879. The van der Waals surface area contributed by atoms with E-state index in [1.807, 2.05) is 0 Å². The van der Waals surface area contributed by atoms with E-state index in [0.717, 1.165) is 45.4 Å². The lowest BCUT2D eigenvalue weighted by Gasteiger charge is -2.59. The van der Waals surface area contributed by atoms with E-state index in [9.17, 15) is 9.90 Å². The smallest absolute Gasteiger partial charge is 0.240 e. The van der Waals surface area contributed by atoms with Crippen molar-refractivity contribution in [2.24, 2.45) is 10.8 Å². The highest BCUT2D eigenvalue weighted by Gasteiger charge is 2.69. The average Bonchev–Trinajstić information content (AvgIpc) is 2.51. The SMILES string of the molecule is CCCCC12C[NH+]3CC(C)(C[NH+](C1)C3c1ccc(O)cc1)C2=O. The third-order valence-corrected chi connectivity index (χ3v) is 6.45. The molecule has 4 aliphatic rings. The topological polar surface area (TPSA) is 46.2 Å². The Morgan fingerprint density at radius 2 is 1.74 bits per heavy atom. The molecule has 23 heavy (non-hydrogen) atoms. The normalized spacial score (nSPS) is 41.5. The van der Waals surface area contributed by atoms with E-state index in [-0.39, 0.29) is 10.8 Å². The van der Waals surface area contributed by atoms with Gasteiger partial charge in [-0.25, -0.2) is 0 Å². The number of benzene rings is 1. The van der Waals surface area contributed by atoms with Gasteiger partial charge < -0.3 is 5.11 Å². The minimum atomic E-state index is -0.137. The summed E-state index contributed by atoms with van der Waals surface area (Å²) in [6.45, 7) is 8.34. The zero-order chi connectivity index (χ0) is 16.2. The zero-order valence-electron chi connectivity index (χ0n) is 14.2. The number of Topliss-reactive ketones (excluding diaryl/α,β-unsaturated/α-hetero) is 1. The molecule has 4 heteroatoms. The third-order valence-electron chi connectivity index (χ3n) is 6.45. The van der Waals surface area contributed by atoms with Crippen LogP contribution in [0, 0.1) is 10.8 Å². The van der Waals surface area contributed by atoms with Gasteiger partial charge in [0.1, 0.15) is 29.7 Å². The van der Waals surface area contributed by atoms with Crippen molar-refractivity contribution in [1.29, 1.82) is 0 Å². The fraction of sp³-hybridized carbons (Fsp3) is 0.632. The molecule has 1 aromatic rings. The second kappa shape index (κ2) is 5.05. The molecule has 2 unspecified atom stereocenters. The number of hydrogen-bond donors (Lipinski definition) is 3. The van der Waals surface area contributed by atoms with Crippen LogP contribution in [0.2, 0.25) is 0 Å². The summed E-state index contributed by atoms with van der Waals surface area (Å²) in [6, 6.07) is 7.71. The Hall–Kier alpha value is -1.39. The minimum Gasteiger partial charge on any atom is -0.508 e. The van der Waals surface area contributed by atoms with E-state index in [4.69, 9.17) is 0 Å². The van der Waals surface area contributed by atoms with Crippen LogP contribution in [-0.2, 0) is 4.79 Å². The molecule has 0 radical (unpaired) electrons. The van der Waals surface area contributed by atoms with Crippen molar-refractivity contribution in [2.75, 3.05) is 26.2 Å². The summed E-state index contributed by atoms with van der Waals surface area (Å²) in [4.78, 5) is 16.3. The Bertz CT molecular complexity index is 609. The van der Waals surface area contributed by atoms with Crippen LogP contribution in [0.5, 0.6) is 5.75 Å². The lowest BCUT2D eigenvalue weighted by atomic mass is 9.59. The van der Waals surface area contributed by atoms with Crippen LogP contribution in [0.4, 0.5) is 0 Å². The molecular weight excluding hydrogens is 288 g/mol. The van der Waals surface area contributed by atoms with Crippen molar-refractivity contribution in [3.05, 3.63) is 29.8 Å². The number of quaternary nitrogens is 2. The first-order valence-electron chi connectivity index (χ1n) is 9.00. The molecule has 0 saturated carbocycles. The van der Waals surface area contributed by atoms with Crippen LogP contribution >= 0.6 is 0 Å². The average molecular weight is 316 g/mol. The second-order valence-corrected chi connectivity index (χ2v) is 8.32. The maximum Gasteiger partial charge on any atom is 0.240 e. The van der Waals surface area contributed by atoms with Crippen molar-refractivity contribution in [1.82, 2.24) is 0 Å². The quantitative estimate of drug-likeness (QED) is 0.730. The lowest BCUT2D eigenvalue weighted by molar-refractivity contribution is -1.18. The maximum absolute atomic E-state index is 13.2. The molecule has 0 spiro atoms. The summed E-state index contributed by atoms with van der Waals surface area (Å²) in [5.41, 5.74) is 1.08. The fourth-order valence-electron chi connectivity index (χ4n) is 5.72. The van der Waals surface area contributed by atoms with E-state index < -0.39 is 0 Å². The van der Waals surface area contributed by atoms with Gasteiger partial charge in [0.2, 0.25) is 6.17 Å². The van der Waals surface area contributed by atoms with Gasteiger partial charge >= 0.3 is 0 Å². The van der Waals surface area contributed by atoms with Crippen molar-refractivity contribution in [3.8, 4) is 5.75 Å². The van der Waals surface area contributed by atoms with E-state index in [2.05, 4.69) is 26.0 Å². The summed E-state index contributed by atoms with van der Waals surface area (Å²) in [5, 5.41) is 9.56. The second-order valence-electron chi connectivity index (χ2n) is 8.32. The fourth-order valence-corrected chi connectivity index (χ4v) is 5.72.